The number of fused-ring (bicyclic) bond motifs is 3. The molecule has 3 aliphatic rings. The zero-order valence-corrected chi connectivity index (χ0v) is 20.6. The molecule has 0 amide bonds. The van der Waals surface area contributed by atoms with E-state index in [9.17, 15) is 8.42 Å². The molecule has 1 saturated carbocycles. The number of sulfonamides is 1. The van der Waals surface area contributed by atoms with Gasteiger partial charge in [-0.1, -0.05) is 18.9 Å². The zero-order valence-electron chi connectivity index (χ0n) is 19.7. The number of aromatic nitrogens is 3. The second-order valence-electron chi connectivity index (χ2n) is 10.1. The highest BCUT2D eigenvalue weighted by molar-refractivity contribution is 7.88. The summed E-state index contributed by atoms with van der Waals surface area (Å²) >= 11 is 0. The summed E-state index contributed by atoms with van der Waals surface area (Å²) in [6.45, 7) is 1.66. The number of halogens is 1. The number of hydrogen-bond acceptors (Lipinski definition) is 7. The summed E-state index contributed by atoms with van der Waals surface area (Å²) in [5.41, 5.74) is 2.25. The van der Waals surface area contributed by atoms with Crippen LogP contribution in [0.5, 0.6) is 0 Å². The predicted molar refractivity (Wildman–Crippen MR) is 134 cm³/mol. The summed E-state index contributed by atoms with van der Waals surface area (Å²) in [6.07, 6.45) is 10.4. The summed E-state index contributed by atoms with van der Waals surface area (Å²) in [4.78, 5) is 16.2. The van der Waals surface area contributed by atoms with Crippen molar-refractivity contribution in [1.82, 2.24) is 19.3 Å². The van der Waals surface area contributed by atoms with E-state index in [4.69, 9.17) is 9.97 Å². The number of benzene rings is 1. The van der Waals surface area contributed by atoms with E-state index >= 15 is 4.39 Å². The molecule has 2 fully saturated rings. The van der Waals surface area contributed by atoms with Crippen LogP contribution in [0.25, 0.3) is 10.9 Å². The van der Waals surface area contributed by atoms with Crippen LogP contribution in [0.4, 0.5) is 21.8 Å². The molecule has 1 spiro atoms. The fourth-order valence-corrected chi connectivity index (χ4v) is 6.98. The van der Waals surface area contributed by atoms with Crippen LogP contribution in [0.2, 0.25) is 0 Å². The Morgan fingerprint density at radius 1 is 1.11 bits per heavy atom. The lowest BCUT2D eigenvalue weighted by molar-refractivity contribution is 0.331. The molecule has 0 unspecified atom stereocenters. The van der Waals surface area contributed by atoms with Crippen LogP contribution in [0, 0.1) is 5.82 Å². The Labute approximate surface area is 204 Å². The van der Waals surface area contributed by atoms with Crippen molar-refractivity contribution in [1.29, 1.82) is 0 Å². The molecule has 1 aliphatic carbocycles. The molecule has 2 aliphatic heterocycles. The molecule has 4 heterocycles. The highest BCUT2D eigenvalue weighted by Gasteiger charge is 2.47. The van der Waals surface area contributed by atoms with Gasteiger partial charge in [-0.2, -0.15) is 0 Å². The maximum atomic E-state index is 15.1. The first-order valence-electron chi connectivity index (χ1n) is 12.2. The third-order valence-corrected chi connectivity index (χ3v) is 9.13. The second-order valence-corrected chi connectivity index (χ2v) is 12.0. The lowest BCUT2D eigenvalue weighted by Gasteiger charge is -2.30. The Hall–Kier alpha value is -2.85. The largest absolute Gasteiger partial charge is 0.351 e. The van der Waals surface area contributed by atoms with E-state index < -0.39 is 10.0 Å². The first kappa shape index (κ1) is 22.6. The lowest BCUT2D eigenvalue weighted by atomic mass is 9.80. The van der Waals surface area contributed by atoms with Crippen LogP contribution in [-0.4, -0.2) is 59.6 Å². The minimum Gasteiger partial charge on any atom is -0.351 e. The molecule has 10 heteroatoms. The van der Waals surface area contributed by atoms with Crippen molar-refractivity contribution in [3.63, 3.8) is 0 Å². The third kappa shape index (κ3) is 3.92. The number of nitrogens with zero attached hydrogens (tertiary/aromatic N) is 5. The van der Waals surface area contributed by atoms with Gasteiger partial charge in [0.25, 0.3) is 0 Å². The van der Waals surface area contributed by atoms with Gasteiger partial charge in [0.2, 0.25) is 16.0 Å². The van der Waals surface area contributed by atoms with E-state index in [2.05, 4.69) is 15.2 Å². The van der Waals surface area contributed by atoms with Crippen LogP contribution >= 0.6 is 0 Å². The molecule has 6 rings (SSSR count). The number of hydrogen-bond donors (Lipinski definition) is 1. The van der Waals surface area contributed by atoms with Crippen LogP contribution in [0.3, 0.4) is 0 Å². The molecule has 1 saturated heterocycles. The smallest absolute Gasteiger partial charge is 0.223 e. The maximum absolute atomic E-state index is 15.1. The fourth-order valence-electron chi connectivity index (χ4n) is 6.10. The molecule has 184 valence electrons. The normalized spacial score (nSPS) is 20.6. The minimum atomic E-state index is -3.17. The molecule has 0 bridgehead atoms. The maximum Gasteiger partial charge on any atom is 0.223 e. The third-order valence-electron chi connectivity index (χ3n) is 7.83. The summed E-state index contributed by atoms with van der Waals surface area (Å²) in [5.74, 6) is 1.08. The van der Waals surface area contributed by atoms with Gasteiger partial charge in [-0.3, -0.25) is 0 Å². The average molecular weight is 497 g/mol. The number of pyridine rings is 1. The van der Waals surface area contributed by atoms with E-state index in [-0.39, 0.29) is 17.3 Å². The summed E-state index contributed by atoms with van der Waals surface area (Å²) < 4.78 is 40.2. The van der Waals surface area contributed by atoms with Crippen LogP contribution in [-0.2, 0) is 15.4 Å². The number of rotatable bonds is 4. The average Bonchev–Trinajstić information content (AvgIpc) is 3.44. The standard InChI is InChI=1S/C25H29FN6O2S/c1-35(33,34)31-13-8-18(9-14-31)29-24-28-15-17-7-12-27-23(22(17)30-24)32-16-25(10-2-3-11-25)21-19(26)5-4-6-20(21)32/h4-7,12,15,18H,2-3,8-11,13-14,16H2,1H3,(H,28,29,30). The quantitative estimate of drug-likeness (QED) is 0.585. The molecule has 2 aromatic heterocycles. The van der Waals surface area contributed by atoms with Crippen molar-refractivity contribution in [2.45, 2.75) is 50.0 Å². The topological polar surface area (TPSA) is 91.3 Å². The van der Waals surface area contributed by atoms with Gasteiger partial charge in [-0.05, 0) is 43.9 Å². The molecule has 0 atom stereocenters. The first-order valence-corrected chi connectivity index (χ1v) is 14.1. The van der Waals surface area contributed by atoms with Gasteiger partial charge < -0.3 is 10.2 Å². The van der Waals surface area contributed by atoms with Gasteiger partial charge in [0, 0.05) is 60.1 Å². The molecule has 1 N–H and O–H groups in total. The van der Waals surface area contributed by atoms with Gasteiger partial charge in [-0.25, -0.2) is 32.1 Å². The van der Waals surface area contributed by atoms with Gasteiger partial charge in [-0.15, -0.1) is 0 Å². The van der Waals surface area contributed by atoms with E-state index in [1.54, 1.807) is 24.5 Å². The highest BCUT2D eigenvalue weighted by atomic mass is 32.2. The van der Waals surface area contributed by atoms with E-state index in [0.29, 0.717) is 38.4 Å². The van der Waals surface area contributed by atoms with Crippen molar-refractivity contribution in [2.24, 2.45) is 0 Å². The summed E-state index contributed by atoms with van der Waals surface area (Å²) in [5, 5.41) is 4.26. The van der Waals surface area contributed by atoms with E-state index in [1.165, 1.54) is 10.6 Å². The van der Waals surface area contributed by atoms with E-state index in [0.717, 1.165) is 53.7 Å². The van der Waals surface area contributed by atoms with Crippen molar-refractivity contribution in [3.8, 4) is 0 Å². The van der Waals surface area contributed by atoms with Gasteiger partial charge >= 0.3 is 0 Å². The molecular formula is C25H29FN6O2S. The van der Waals surface area contributed by atoms with Crippen LogP contribution in [0.1, 0.15) is 44.1 Å². The Morgan fingerprint density at radius 3 is 2.63 bits per heavy atom. The van der Waals surface area contributed by atoms with Gasteiger partial charge in [0.05, 0.1) is 6.26 Å². The number of anilines is 3. The van der Waals surface area contributed by atoms with Crippen molar-refractivity contribution in [3.05, 3.63) is 48.0 Å². The van der Waals surface area contributed by atoms with Crippen molar-refractivity contribution < 1.29 is 12.8 Å². The van der Waals surface area contributed by atoms with Gasteiger partial charge in [0.15, 0.2) is 5.82 Å². The number of nitrogens with one attached hydrogen (secondary N) is 1. The zero-order chi connectivity index (χ0) is 24.2. The first-order chi connectivity index (χ1) is 16.8. The molecule has 1 aromatic carbocycles. The Morgan fingerprint density at radius 2 is 1.89 bits per heavy atom. The van der Waals surface area contributed by atoms with Crippen molar-refractivity contribution in [2.75, 3.05) is 36.1 Å². The minimum absolute atomic E-state index is 0.0916. The Bertz CT molecular complexity index is 1380. The Kier molecular flexibility index (Phi) is 5.41. The summed E-state index contributed by atoms with van der Waals surface area (Å²) in [6, 6.07) is 7.31. The number of piperidine rings is 1. The predicted octanol–water partition coefficient (Wildman–Crippen LogP) is 3.96. The van der Waals surface area contributed by atoms with Crippen LogP contribution in [0.15, 0.2) is 36.7 Å². The fraction of sp³-hybridized carbons (Fsp3) is 0.480. The molecule has 0 radical (unpaired) electrons. The second kappa shape index (κ2) is 8.37. The molecule has 35 heavy (non-hydrogen) atoms. The van der Waals surface area contributed by atoms with Gasteiger partial charge in [0.1, 0.15) is 11.3 Å². The molecule has 3 aromatic rings. The lowest BCUT2D eigenvalue weighted by Crippen LogP contribution is -2.42. The van der Waals surface area contributed by atoms with Crippen molar-refractivity contribution >= 4 is 38.4 Å². The van der Waals surface area contributed by atoms with Crippen LogP contribution < -0.4 is 10.2 Å². The van der Waals surface area contributed by atoms with E-state index in [1.807, 2.05) is 12.1 Å². The SMILES string of the molecule is CS(=O)(=O)N1CCC(Nc2ncc3ccnc(N4CC5(CCCC5)c5c(F)cccc54)c3n2)CC1. The molecular weight excluding hydrogens is 467 g/mol. The Balaban J connectivity index is 1.33. The molecule has 8 nitrogen and oxygen atoms in total. The highest BCUT2D eigenvalue weighted by Crippen LogP contribution is 2.53. The summed E-state index contributed by atoms with van der Waals surface area (Å²) in [7, 11) is -3.17. The monoisotopic (exact) mass is 496 g/mol.